The minimum absolute atomic E-state index is 0.0219. The van der Waals surface area contributed by atoms with E-state index in [-0.39, 0.29) is 24.4 Å². The number of aliphatic hydroxyl groups excluding tert-OH is 2. The maximum Gasteiger partial charge on any atom is 0.308 e. The van der Waals surface area contributed by atoms with Crippen LogP contribution in [0.1, 0.15) is 32.6 Å². The van der Waals surface area contributed by atoms with Crippen molar-refractivity contribution in [3.63, 3.8) is 0 Å². The van der Waals surface area contributed by atoms with Gasteiger partial charge in [-0.1, -0.05) is 6.42 Å². The summed E-state index contributed by atoms with van der Waals surface area (Å²) in [6.45, 7) is 3.14. The number of carbonyl (C=O) groups excluding carboxylic acids is 1. The number of hydrogen-bond donors (Lipinski definition) is 3. The highest BCUT2D eigenvalue weighted by Crippen LogP contribution is 2.24. The van der Waals surface area contributed by atoms with E-state index in [1.54, 1.807) is 6.92 Å². The van der Waals surface area contributed by atoms with Crippen molar-refractivity contribution >= 4 is 5.97 Å². The molecule has 0 bridgehead atoms. The van der Waals surface area contributed by atoms with E-state index in [1.807, 2.05) is 0 Å². The molecule has 0 aromatic carbocycles. The van der Waals surface area contributed by atoms with Crippen LogP contribution in [-0.4, -0.2) is 48.1 Å². The first-order valence-corrected chi connectivity index (χ1v) is 6.36. The van der Waals surface area contributed by atoms with Crippen LogP contribution < -0.4 is 5.32 Å². The largest absolute Gasteiger partial charge is 0.466 e. The predicted molar refractivity (Wildman–Crippen MR) is 63.5 cm³/mol. The Kier molecular flexibility index (Phi) is 6.47. The lowest BCUT2D eigenvalue weighted by atomic mass is 10.1. The molecule has 0 amide bonds. The predicted octanol–water partition coefficient (Wildman–Crippen LogP) is 0.0511. The van der Waals surface area contributed by atoms with Crippen LogP contribution in [0.25, 0.3) is 0 Å². The van der Waals surface area contributed by atoms with Crippen molar-refractivity contribution in [1.82, 2.24) is 5.32 Å². The van der Waals surface area contributed by atoms with Gasteiger partial charge in [0, 0.05) is 13.1 Å². The quantitative estimate of drug-likeness (QED) is 0.552. The van der Waals surface area contributed by atoms with E-state index in [2.05, 4.69) is 5.32 Å². The van der Waals surface area contributed by atoms with E-state index >= 15 is 0 Å². The minimum Gasteiger partial charge on any atom is -0.466 e. The first-order chi connectivity index (χ1) is 8.13. The first-order valence-electron chi connectivity index (χ1n) is 6.36. The zero-order chi connectivity index (χ0) is 12.7. The van der Waals surface area contributed by atoms with E-state index < -0.39 is 6.10 Å². The molecule has 1 aliphatic carbocycles. The minimum atomic E-state index is -0.715. The molecule has 0 aromatic rings. The number of rotatable bonds is 7. The van der Waals surface area contributed by atoms with Crippen LogP contribution >= 0.6 is 0 Å². The topological polar surface area (TPSA) is 78.8 Å². The van der Waals surface area contributed by atoms with Crippen LogP contribution in [0.5, 0.6) is 0 Å². The van der Waals surface area contributed by atoms with Gasteiger partial charge in [-0.3, -0.25) is 4.79 Å². The van der Waals surface area contributed by atoms with Crippen molar-refractivity contribution in [2.45, 2.75) is 44.8 Å². The van der Waals surface area contributed by atoms with Gasteiger partial charge in [-0.05, 0) is 25.7 Å². The molecule has 0 aliphatic heterocycles. The smallest absolute Gasteiger partial charge is 0.308 e. The van der Waals surface area contributed by atoms with Crippen LogP contribution in [-0.2, 0) is 9.53 Å². The zero-order valence-corrected chi connectivity index (χ0v) is 10.4. The van der Waals surface area contributed by atoms with E-state index in [0.29, 0.717) is 19.7 Å². The van der Waals surface area contributed by atoms with Crippen molar-refractivity contribution in [2.75, 3.05) is 19.7 Å². The van der Waals surface area contributed by atoms with Crippen molar-refractivity contribution in [3.05, 3.63) is 0 Å². The standard InChI is InChI=1S/C12H23NO4/c1-2-17-12(16)6-10(14)8-13-7-9-4-3-5-11(9)15/h9-11,13-15H,2-8H2,1H3. The molecule has 1 saturated carbocycles. The number of hydrogen-bond acceptors (Lipinski definition) is 5. The highest BCUT2D eigenvalue weighted by atomic mass is 16.5. The summed E-state index contributed by atoms with van der Waals surface area (Å²) in [5.74, 6) is -0.0903. The van der Waals surface area contributed by atoms with E-state index in [4.69, 9.17) is 4.74 Å². The summed E-state index contributed by atoms with van der Waals surface area (Å²) in [4.78, 5) is 11.1. The Bertz CT molecular complexity index is 235. The van der Waals surface area contributed by atoms with Crippen LogP contribution in [0.3, 0.4) is 0 Å². The van der Waals surface area contributed by atoms with Crippen molar-refractivity contribution in [1.29, 1.82) is 0 Å². The van der Waals surface area contributed by atoms with Gasteiger partial charge in [0.1, 0.15) is 0 Å². The molecule has 5 heteroatoms. The number of aliphatic hydroxyl groups is 2. The maximum atomic E-state index is 11.1. The average molecular weight is 245 g/mol. The van der Waals surface area contributed by atoms with E-state index in [1.165, 1.54) is 0 Å². The first kappa shape index (κ1) is 14.4. The Labute approximate surface area is 102 Å². The molecule has 1 fully saturated rings. The molecule has 100 valence electrons. The lowest BCUT2D eigenvalue weighted by molar-refractivity contribution is -0.145. The molecular formula is C12H23NO4. The molecule has 0 heterocycles. The van der Waals surface area contributed by atoms with Gasteiger partial charge in [0.15, 0.2) is 0 Å². The highest BCUT2D eigenvalue weighted by molar-refractivity contribution is 5.69. The Morgan fingerprint density at radius 1 is 1.53 bits per heavy atom. The molecule has 0 saturated heterocycles. The molecule has 1 aliphatic rings. The summed E-state index contributed by atoms with van der Waals surface area (Å²) >= 11 is 0. The number of carbonyl (C=O) groups is 1. The van der Waals surface area contributed by atoms with Gasteiger partial charge in [0.05, 0.1) is 25.2 Å². The highest BCUT2D eigenvalue weighted by Gasteiger charge is 2.24. The van der Waals surface area contributed by atoms with Gasteiger partial charge < -0.3 is 20.3 Å². The second-order valence-electron chi connectivity index (χ2n) is 4.58. The molecule has 1 rings (SSSR count). The lowest BCUT2D eigenvalue weighted by Gasteiger charge is -2.16. The molecule has 3 atom stereocenters. The molecule has 3 N–H and O–H groups in total. The average Bonchev–Trinajstić information content (AvgIpc) is 2.64. The van der Waals surface area contributed by atoms with Gasteiger partial charge in [0.25, 0.3) is 0 Å². The summed E-state index contributed by atoms with van der Waals surface area (Å²) in [5, 5.41) is 22.2. The van der Waals surface area contributed by atoms with Crippen molar-refractivity contribution < 1.29 is 19.7 Å². The molecule has 0 aromatic heterocycles. The fraction of sp³-hybridized carbons (Fsp3) is 0.917. The van der Waals surface area contributed by atoms with Gasteiger partial charge in [-0.25, -0.2) is 0 Å². The summed E-state index contributed by atoms with van der Waals surface area (Å²) in [5.41, 5.74) is 0. The molecular weight excluding hydrogens is 222 g/mol. The summed E-state index contributed by atoms with van der Waals surface area (Å²) < 4.78 is 4.74. The van der Waals surface area contributed by atoms with E-state index in [9.17, 15) is 15.0 Å². The Hall–Kier alpha value is -0.650. The molecule has 17 heavy (non-hydrogen) atoms. The van der Waals surface area contributed by atoms with Gasteiger partial charge in [-0.2, -0.15) is 0 Å². The normalized spacial score (nSPS) is 25.8. The Balaban J connectivity index is 2.07. The third-order valence-electron chi connectivity index (χ3n) is 3.11. The third kappa shape index (κ3) is 5.48. The van der Waals surface area contributed by atoms with Gasteiger partial charge >= 0.3 is 5.97 Å². The molecule has 0 radical (unpaired) electrons. The SMILES string of the molecule is CCOC(=O)CC(O)CNCC1CCCC1O. The van der Waals surface area contributed by atoms with Crippen LogP contribution in [0.4, 0.5) is 0 Å². The van der Waals surface area contributed by atoms with Crippen molar-refractivity contribution in [3.8, 4) is 0 Å². The summed E-state index contributed by atoms with van der Waals surface area (Å²) in [6.07, 6.45) is 2.06. The monoisotopic (exact) mass is 245 g/mol. The Morgan fingerprint density at radius 2 is 2.29 bits per heavy atom. The summed E-state index contributed by atoms with van der Waals surface area (Å²) in [7, 11) is 0. The number of esters is 1. The second kappa shape index (κ2) is 7.63. The fourth-order valence-corrected chi connectivity index (χ4v) is 2.18. The van der Waals surface area contributed by atoms with Crippen LogP contribution in [0, 0.1) is 5.92 Å². The summed E-state index contributed by atoms with van der Waals surface area (Å²) in [6, 6.07) is 0. The number of ether oxygens (including phenoxy) is 1. The van der Waals surface area contributed by atoms with Crippen LogP contribution in [0.15, 0.2) is 0 Å². The van der Waals surface area contributed by atoms with Gasteiger partial charge in [-0.15, -0.1) is 0 Å². The molecule has 0 spiro atoms. The zero-order valence-electron chi connectivity index (χ0n) is 10.4. The molecule has 3 unspecified atom stereocenters. The van der Waals surface area contributed by atoms with Crippen LogP contribution in [0.2, 0.25) is 0 Å². The lowest BCUT2D eigenvalue weighted by Crippen LogP contribution is -2.34. The van der Waals surface area contributed by atoms with Crippen molar-refractivity contribution in [2.24, 2.45) is 5.92 Å². The third-order valence-corrected chi connectivity index (χ3v) is 3.11. The van der Waals surface area contributed by atoms with Gasteiger partial charge in [0.2, 0.25) is 0 Å². The fourth-order valence-electron chi connectivity index (χ4n) is 2.18. The second-order valence-corrected chi connectivity index (χ2v) is 4.58. The number of nitrogens with one attached hydrogen (secondary N) is 1. The Morgan fingerprint density at radius 3 is 2.88 bits per heavy atom. The van der Waals surface area contributed by atoms with E-state index in [0.717, 1.165) is 19.3 Å². The maximum absolute atomic E-state index is 11.1. The molecule has 5 nitrogen and oxygen atoms in total.